The fourth-order valence-corrected chi connectivity index (χ4v) is 5.00. The normalized spacial score (nSPS) is 14.1. The van der Waals surface area contributed by atoms with E-state index in [4.69, 9.17) is 17.0 Å². The van der Waals surface area contributed by atoms with E-state index in [1.807, 2.05) is 30.3 Å². The minimum absolute atomic E-state index is 0.258. The third-order valence-corrected chi connectivity index (χ3v) is 7.04. The van der Waals surface area contributed by atoms with Crippen molar-refractivity contribution in [3.05, 3.63) is 138 Å². The Labute approximate surface area is 213 Å². The first-order chi connectivity index (χ1) is 17.3. The van der Waals surface area contributed by atoms with E-state index in [9.17, 15) is 0 Å². The quantitative estimate of drug-likeness (QED) is 0.288. The van der Waals surface area contributed by atoms with Crippen LogP contribution in [0.15, 0.2) is 115 Å². The lowest BCUT2D eigenvalue weighted by Crippen LogP contribution is -2.49. The molecule has 0 spiro atoms. The van der Waals surface area contributed by atoms with Crippen LogP contribution in [0.2, 0.25) is 0 Å². The smallest absolute Gasteiger partial charge is 0.119 e. The number of ether oxygens (including phenoxy) is 1. The van der Waals surface area contributed by atoms with Gasteiger partial charge in [0.25, 0.3) is 0 Å². The molecule has 5 rings (SSSR count). The van der Waals surface area contributed by atoms with Gasteiger partial charge in [-0.15, -0.1) is 0 Å². The Hall–Kier alpha value is -3.47. The van der Waals surface area contributed by atoms with E-state index in [0.717, 1.165) is 48.0 Å². The summed E-state index contributed by atoms with van der Waals surface area (Å²) >= 11 is 5.88. The van der Waals surface area contributed by atoms with Crippen LogP contribution in [0.5, 0.6) is 5.75 Å². The summed E-state index contributed by atoms with van der Waals surface area (Å²) < 4.78 is 5.93. The van der Waals surface area contributed by atoms with Crippen molar-refractivity contribution >= 4 is 17.2 Å². The minimum Gasteiger partial charge on any atom is -0.489 e. The van der Waals surface area contributed by atoms with Crippen LogP contribution in [-0.4, -0.2) is 41.0 Å². The molecule has 1 aliphatic rings. The fraction of sp³-hybridized carbons (Fsp3) is 0.194. The SMILES string of the molecule is S=C(c1ccc(OCc2ccccc2)cc1)N1CCN(C(c2ccccc2)c2ccccc2)CC1. The summed E-state index contributed by atoms with van der Waals surface area (Å²) in [6, 6.07) is 40.3. The van der Waals surface area contributed by atoms with E-state index >= 15 is 0 Å². The van der Waals surface area contributed by atoms with Gasteiger partial charge in [0.05, 0.1) is 6.04 Å². The van der Waals surface area contributed by atoms with E-state index in [1.165, 1.54) is 11.1 Å². The van der Waals surface area contributed by atoms with Crippen molar-refractivity contribution in [2.24, 2.45) is 0 Å². The number of hydrogen-bond acceptors (Lipinski definition) is 3. The fourth-order valence-electron chi connectivity index (χ4n) is 4.69. The monoisotopic (exact) mass is 478 g/mol. The number of nitrogens with zero attached hydrogens (tertiary/aromatic N) is 2. The van der Waals surface area contributed by atoms with E-state index in [0.29, 0.717) is 6.61 Å². The van der Waals surface area contributed by atoms with Gasteiger partial charge in [-0.25, -0.2) is 0 Å². The molecular weight excluding hydrogens is 448 g/mol. The van der Waals surface area contributed by atoms with Crippen molar-refractivity contribution < 1.29 is 4.74 Å². The van der Waals surface area contributed by atoms with Gasteiger partial charge in [0.2, 0.25) is 0 Å². The molecular formula is C31H30N2OS. The van der Waals surface area contributed by atoms with Crippen LogP contribution in [0.4, 0.5) is 0 Å². The maximum atomic E-state index is 5.93. The molecule has 0 N–H and O–H groups in total. The Bertz CT molecular complexity index is 1170. The van der Waals surface area contributed by atoms with Crippen molar-refractivity contribution in [3.8, 4) is 5.75 Å². The molecule has 1 fully saturated rings. The van der Waals surface area contributed by atoms with Crippen molar-refractivity contribution in [1.29, 1.82) is 0 Å². The maximum Gasteiger partial charge on any atom is 0.119 e. The molecule has 0 radical (unpaired) electrons. The summed E-state index contributed by atoms with van der Waals surface area (Å²) in [6.07, 6.45) is 0. The number of piperazine rings is 1. The van der Waals surface area contributed by atoms with Crippen LogP contribution in [0, 0.1) is 0 Å². The zero-order chi connectivity index (χ0) is 23.9. The standard InChI is InChI=1S/C31H30N2OS/c35-31(28-16-18-29(19-17-28)34-24-25-10-4-1-5-11-25)33-22-20-32(21-23-33)30(26-12-6-2-7-13-26)27-14-8-3-9-15-27/h1-19,30H,20-24H2. The Balaban J connectivity index is 1.21. The average Bonchev–Trinajstić information content (AvgIpc) is 2.94. The molecule has 0 unspecified atom stereocenters. The van der Waals surface area contributed by atoms with Crippen molar-refractivity contribution in [2.75, 3.05) is 26.2 Å². The topological polar surface area (TPSA) is 15.7 Å². The molecule has 1 aliphatic heterocycles. The number of thiocarbonyl (C=S) groups is 1. The van der Waals surface area contributed by atoms with Crippen LogP contribution < -0.4 is 4.74 Å². The molecule has 35 heavy (non-hydrogen) atoms. The maximum absolute atomic E-state index is 5.93. The highest BCUT2D eigenvalue weighted by Gasteiger charge is 2.27. The van der Waals surface area contributed by atoms with Gasteiger partial charge in [0.15, 0.2) is 0 Å². The van der Waals surface area contributed by atoms with E-state index < -0.39 is 0 Å². The first-order valence-corrected chi connectivity index (χ1v) is 12.6. The number of hydrogen-bond donors (Lipinski definition) is 0. The second-order valence-electron chi connectivity index (χ2n) is 8.85. The van der Waals surface area contributed by atoms with Crippen LogP contribution in [0.25, 0.3) is 0 Å². The van der Waals surface area contributed by atoms with Crippen LogP contribution >= 0.6 is 12.2 Å². The Morgan fingerprint density at radius 2 is 1.17 bits per heavy atom. The predicted molar refractivity (Wildman–Crippen MR) is 147 cm³/mol. The van der Waals surface area contributed by atoms with Crippen molar-refractivity contribution in [3.63, 3.8) is 0 Å². The molecule has 1 heterocycles. The molecule has 0 aromatic heterocycles. The highest BCUT2D eigenvalue weighted by atomic mass is 32.1. The summed E-state index contributed by atoms with van der Waals surface area (Å²) in [7, 11) is 0. The zero-order valence-electron chi connectivity index (χ0n) is 19.8. The Kier molecular flexibility index (Phi) is 7.52. The second-order valence-corrected chi connectivity index (χ2v) is 9.24. The van der Waals surface area contributed by atoms with Crippen LogP contribution in [0.3, 0.4) is 0 Å². The van der Waals surface area contributed by atoms with Gasteiger partial charge in [0, 0.05) is 31.7 Å². The van der Waals surface area contributed by atoms with E-state index in [2.05, 4.69) is 94.7 Å². The van der Waals surface area contributed by atoms with Crippen molar-refractivity contribution in [2.45, 2.75) is 12.6 Å². The summed E-state index contributed by atoms with van der Waals surface area (Å²) in [5.74, 6) is 0.860. The lowest BCUT2D eigenvalue weighted by atomic mass is 9.96. The molecule has 0 amide bonds. The third-order valence-electron chi connectivity index (χ3n) is 6.55. The first kappa shape index (κ1) is 23.3. The molecule has 4 aromatic carbocycles. The summed E-state index contributed by atoms with van der Waals surface area (Å²) in [4.78, 5) is 5.82. The molecule has 176 valence electrons. The second kappa shape index (κ2) is 11.3. The van der Waals surface area contributed by atoms with Gasteiger partial charge in [-0.2, -0.15) is 0 Å². The van der Waals surface area contributed by atoms with Gasteiger partial charge < -0.3 is 9.64 Å². The summed E-state index contributed by atoms with van der Waals surface area (Å²) in [5.41, 5.74) is 4.90. The van der Waals surface area contributed by atoms with E-state index in [1.54, 1.807) is 0 Å². The molecule has 4 heteroatoms. The lowest BCUT2D eigenvalue weighted by Gasteiger charge is -2.40. The average molecular weight is 479 g/mol. The van der Waals surface area contributed by atoms with Gasteiger partial charge in [-0.05, 0) is 41.0 Å². The van der Waals surface area contributed by atoms with Crippen LogP contribution in [-0.2, 0) is 6.61 Å². The van der Waals surface area contributed by atoms with Gasteiger partial charge >= 0.3 is 0 Å². The molecule has 0 saturated carbocycles. The Morgan fingerprint density at radius 1 is 0.657 bits per heavy atom. The number of benzene rings is 4. The number of rotatable bonds is 7. The molecule has 0 aliphatic carbocycles. The molecule has 0 atom stereocenters. The highest BCUT2D eigenvalue weighted by Crippen LogP contribution is 2.29. The lowest BCUT2D eigenvalue weighted by molar-refractivity contribution is 0.152. The first-order valence-electron chi connectivity index (χ1n) is 12.2. The Morgan fingerprint density at radius 3 is 1.71 bits per heavy atom. The van der Waals surface area contributed by atoms with Gasteiger partial charge in [0.1, 0.15) is 17.3 Å². The summed E-state index contributed by atoms with van der Waals surface area (Å²) in [5, 5.41) is 0. The molecule has 3 nitrogen and oxygen atoms in total. The highest BCUT2D eigenvalue weighted by molar-refractivity contribution is 7.80. The van der Waals surface area contributed by atoms with Crippen molar-refractivity contribution in [1.82, 2.24) is 9.80 Å². The zero-order valence-corrected chi connectivity index (χ0v) is 20.6. The van der Waals surface area contributed by atoms with E-state index in [-0.39, 0.29) is 6.04 Å². The molecule has 4 aromatic rings. The molecule has 1 saturated heterocycles. The third kappa shape index (κ3) is 5.79. The summed E-state index contributed by atoms with van der Waals surface area (Å²) in [6.45, 7) is 4.33. The minimum atomic E-state index is 0.258. The predicted octanol–water partition coefficient (Wildman–Crippen LogP) is 6.35. The van der Waals surface area contributed by atoms with Crippen LogP contribution in [0.1, 0.15) is 28.3 Å². The van der Waals surface area contributed by atoms with Gasteiger partial charge in [-0.3, -0.25) is 4.90 Å². The largest absolute Gasteiger partial charge is 0.489 e. The van der Waals surface area contributed by atoms with Gasteiger partial charge in [-0.1, -0.05) is 103 Å². The molecule has 0 bridgehead atoms.